The molecule has 0 aliphatic heterocycles. The van der Waals surface area contributed by atoms with Crippen LogP contribution in [0.2, 0.25) is 0 Å². The van der Waals surface area contributed by atoms with Crippen LogP contribution in [0.3, 0.4) is 0 Å². The van der Waals surface area contributed by atoms with Crippen LogP contribution in [0.1, 0.15) is 40.9 Å². The van der Waals surface area contributed by atoms with Crippen molar-refractivity contribution in [2.75, 3.05) is 26.1 Å². The Hall–Kier alpha value is -3.34. The summed E-state index contributed by atoms with van der Waals surface area (Å²) in [5.41, 5.74) is 7.67. The number of aromatic amines is 1. The lowest BCUT2D eigenvalue weighted by molar-refractivity contribution is 0.212. The van der Waals surface area contributed by atoms with E-state index in [9.17, 15) is 0 Å². The Morgan fingerprint density at radius 2 is 1.77 bits per heavy atom. The molecular weight excluding hydrogens is 384 g/mol. The summed E-state index contributed by atoms with van der Waals surface area (Å²) in [6.45, 7) is 0. The number of oxime groups is 1. The molecule has 2 aliphatic carbocycles. The fraction of sp³-hybridized carbons (Fsp3) is 0.308. The lowest BCUT2D eigenvalue weighted by atomic mass is 9.68. The number of fused-ring (bicyclic) bond motifs is 1. The van der Waals surface area contributed by atoms with Gasteiger partial charge in [0.05, 0.1) is 0 Å². The monoisotopic (exact) mass is 412 g/mol. The zero-order valence-corrected chi connectivity index (χ0v) is 18.3. The molecule has 5 nitrogen and oxygen atoms in total. The Kier molecular flexibility index (Phi) is 4.89. The number of allylic oxidation sites excluding steroid dienone is 1. The van der Waals surface area contributed by atoms with Crippen LogP contribution in [0.4, 0.5) is 5.69 Å². The van der Waals surface area contributed by atoms with Crippen LogP contribution in [0.25, 0.3) is 6.08 Å². The van der Waals surface area contributed by atoms with Crippen LogP contribution in [0, 0.1) is 5.92 Å². The summed E-state index contributed by atoms with van der Waals surface area (Å²) in [5.74, 6) is 0.458. The third-order valence-electron chi connectivity index (χ3n) is 6.46. The van der Waals surface area contributed by atoms with Gasteiger partial charge in [-0.25, -0.2) is 0 Å². The van der Waals surface area contributed by atoms with Gasteiger partial charge in [0.25, 0.3) is 0 Å². The van der Waals surface area contributed by atoms with Crippen molar-refractivity contribution in [3.63, 3.8) is 0 Å². The molecule has 0 radical (unpaired) electrons. The molecule has 1 fully saturated rings. The van der Waals surface area contributed by atoms with E-state index in [1.165, 1.54) is 16.8 Å². The first kappa shape index (κ1) is 19.6. The van der Waals surface area contributed by atoms with Gasteiger partial charge in [-0.2, -0.15) is 5.10 Å². The largest absolute Gasteiger partial charge is 0.399 e. The topological polar surface area (TPSA) is 53.5 Å². The van der Waals surface area contributed by atoms with E-state index in [4.69, 9.17) is 4.84 Å². The molecule has 5 heteroatoms. The van der Waals surface area contributed by atoms with E-state index in [0.29, 0.717) is 5.92 Å². The van der Waals surface area contributed by atoms with Crippen molar-refractivity contribution in [3.8, 4) is 0 Å². The molecular formula is C26H28N4O. The van der Waals surface area contributed by atoms with Gasteiger partial charge < -0.3 is 9.74 Å². The van der Waals surface area contributed by atoms with Gasteiger partial charge in [-0.05, 0) is 36.1 Å². The second-order valence-electron chi connectivity index (χ2n) is 8.69. The molecule has 1 saturated carbocycles. The molecule has 3 aromatic rings. The number of H-pyrrole nitrogens is 1. The molecule has 1 atom stereocenters. The van der Waals surface area contributed by atoms with Gasteiger partial charge in [0, 0.05) is 48.8 Å². The Morgan fingerprint density at radius 3 is 2.42 bits per heavy atom. The number of hydrogen-bond acceptors (Lipinski definition) is 4. The second-order valence-corrected chi connectivity index (χ2v) is 8.69. The molecule has 1 heterocycles. The number of anilines is 1. The Bertz CT molecular complexity index is 1120. The van der Waals surface area contributed by atoms with E-state index >= 15 is 0 Å². The molecule has 31 heavy (non-hydrogen) atoms. The van der Waals surface area contributed by atoms with Crippen molar-refractivity contribution in [1.29, 1.82) is 0 Å². The minimum Gasteiger partial charge on any atom is -0.399 e. The first-order valence-corrected chi connectivity index (χ1v) is 10.8. The molecule has 1 N–H and O–H groups in total. The van der Waals surface area contributed by atoms with E-state index < -0.39 is 0 Å². The van der Waals surface area contributed by atoms with Crippen LogP contribution in [-0.2, 0) is 16.7 Å². The summed E-state index contributed by atoms with van der Waals surface area (Å²) >= 11 is 0. The van der Waals surface area contributed by atoms with E-state index in [1.807, 2.05) is 0 Å². The maximum absolute atomic E-state index is 5.14. The molecule has 0 spiro atoms. The molecule has 1 unspecified atom stereocenters. The highest BCUT2D eigenvalue weighted by Gasteiger charge is 2.39. The molecule has 0 amide bonds. The van der Waals surface area contributed by atoms with Gasteiger partial charge in [0.1, 0.15) is 18.5 Å². The summed E-state index contributed by atoms with van der Waals surface area (Å²) < 4.78 is 0. The van der Waals surface area contributed by atoms with Crippen molar-refractivity contribution < 1.29 is 4.84 Å². The van der Waals surface area contributed by atoms with E-state index in [2.05, 4.69) is 101 Å². The van der Waals surface area contributed by atoms with Crippen LogP contribution in [0.5, 0.6) is 0 Å². The standard InChI is InChI=1S/C26H28N4O/c1-30(2)21-13-11-20(12-14-21)26(19-7-5-4-6-8-19)16-15-22-23(17-26)27-28-25(22)24(29-31-3)18-9-10-18/h4-8,11-16,18H,9-10,17H2,1-3H3,(H,27,28). The van der Waals surface area contributed by atoms with E-state index in [-0.39, 0.29) is 5.41 Å². The highest BCUT2D eigenvalue weighted by Crippen LogP contribution is 2.43. The third-order valence-corrected chi connectivity index (χ3v) is 6.46. The van der Waals surface area contributed by atoms with Crippen molar-refractivity contribution in [2.45, 2.75) is 24.7 Å². The summed E-state index contributed by atoms with van der Waals surface area (Å²) in [6.07, 6.45) is 7.69. The number of nitrogens with zero attached hydrogens (tertiary/aromatic N) is 3. The molecule has 0 saturated heterocycles. The van der Waals surface area contributed by atoms with Crippen LogP contribution >= 0.6 is 0 Å². The molecule has 2 aliphatic rings. The zero-order valence-electron chi connectivity index (χ0n) is 18.3. The molecule has 1 aromatic heterocycles. The molecule has 0 bridgehead atoms. The summed E-state index contributed by atoms with van der Waals surface area (Å²) in [6, 6.07) is 19.6. The Balaban J connectivity index is 1.60. The van der Waals surface area contributed by atoms with Gasteiger partial charge in [-0.1, -0.05) is 59.8 Å². The second kappa shape index (κ2) is 7.73. The minimum atomic E-state index is -0.249. The smallest absolute Gasteiger partial charge is 0.117 e. The van der Waals surface area contributed by atoms with Gasteiger partial charge in [0.15, 0.2) is 0 Å². The predicted octanol–water partition coefficient (Wildman–Crippen LogP) is 4.79. The number of nitrogens with one attached hydrogen (secondary N) is 1. The van der Waals surface area contributed by atoms with Crippen LogP contribution in [-0.4, -0.2) is 37.1 Å². The number of rotatable bonds is 6. The van der Waals surface area contributed by atoms with Crippen LogP contribution in [0.15, 0.2) is 65.8 Å². The lowest BCUT2D eigenvalue weighted by Gasteiger charge is -2.34. The first-order chi connectivity index (χ1) is 15.1. The van der Waals surface area contributed by atoms with Crippen molar-refractivity contribution in [3.05, 3.63) is 88.8 Å². The summed E-state index contributed by atoms with van der Waals surface area (Å²) in [7, 11) is 5.74. The van der Waals surface area contributed by atoms with Crippen LogP contribution < -0.4 is 4.90 Å². The predicted molar refractivity (Wildman–Crippen MR) is 126 cm³/mol. The maximum atomic E-state index is 5.14. The zero-order chi connectivity index (χ0) is 21.4. The number of hydrogen-bond donors (Lipinski definition) is 1. The fourth-order valence-corrected chi connectivity index (χ4v) is 4.58. The Labute approximate surface area is 183 Å². The molecule has 2 aromatic carbocycles. The molecule has 5 rings (SSSR count). The first-order valence-electron chi connectivity index (χ1n) is 10.8. The molecule has 158 valence electrons. The van der Waals surface area contributed by atoms with Crippen molar-refractivity contribution >= 4 is 17.5 Å². The van der Waals surface area contributed by atoms with Gasteiger partial charge in [-0.15, -0.1) is 0 Å². The maximum Gasteiger partial charge on any atom is 0.117 e. The van der Waals surface area contributed by atoms with Crippen molar-refractivity contribution in [1.82, 2.24) is 10.2 Å². The highest BCUT2D eigenvalue weighted by atomic mass is 16.6. The van der Waals surface area contributed by atoms with Gasteiger partial charge in [-0.3, -0.25) is 5.10 Å². The average molecular weight is 413 g/mol. The lowest BCUT2D eigenvalue weighted by Crippen LogP contribution is -2.30. The quantitative estimate of drug-likeness (QED) is 0.468. The van der Waals surface area contributed by atoms with E-state index in [0.717, 1.165) is 41.9 Å². The van der Waals surface area contributed by atoms with Gasteiger partial charge >= 0.3 is 0 Å². The SMILES string of the molecule is CON=C(c1n[nH]c2c1C=CC(c1ccccc1)(c1ccc(N(C)C)cc1)C2)C1CC1. The average Bonchev–Trinajstić information content (AvgIpc) is 3.57. The highest BCUT2D eigenvalue weighted by molar-refractivity contribution is 6.04. The van der Waals surface area contributed by atoms with E-state index in [1.54, 1.807) is 7.11 Å². The summed E-state index contributed by atoms with van der Waals surface area (Å²) in [5, 5.41) is 12.3. The van der Waals surface area contributed by atoms with Crippen molar-refractivity contribution in [2.24, 2.45) is 11.1 Å². The fourth-order valence-electron chi connectivity index (χ4n) is 4.58. The summed E-state index contributed by atoms with van der Waals surface area (Å²) in [4.78, 5) is 7.26. The van der Waals surface area contributed by atoms with Gasteiger partial charge in [0.2, 0.25) is 0 Å². The Morgan fingerprint density at radius 1 is 1.06 bits per heavy atom. The number of aromatic nitrogens is 2. The third kappa shape index (κ3) is 3.44. The normalized spacial score (nSPS) is 20.4. The number of benzene rings is 2. The minimum absolute atomic E-state index is 0.249.